The molecule has 0 saturated carbocycles. The number of fused-ring (bicyclic) bond motifs is 1. The lowest BCUT2D eigenvalue weighted by atomic mass is 9.94. The van der Waals surface area contributed by atoms with Gasteiger partial charge in [-0.05, 0) is 46.1 Å². The van der Waals surface area contributed by atoms with Gasteiger partial charge in [0.25, 0.3) is 0 Å². The summed E-state index contributed by atoms with van der Waals surface area (Å²) < 4.78 is 7.30. The van der Waals surface area contributed by atoms with Crippen LogP contribution in [0.1, 0.15) is 55.9 Å². The summed E-state index contributed by atoms with van der Waals surface area (Å²) in [7, 11) is 0. The summed E-state index contributed by atoms with van der Waals surface area (Å²) >= 11 is 0. The molecule has 2 aromatic rings. The first-order valence-electron chi connectivity index (χ1n) is 9.09. The Morgan fingerprint density at radius 1 is 1.48 bits per heavy atom. The third-order valence-corrected chi connectivity index (χ3v) is 4.38. The molecule has 1 atom stereocenters. The number of hydrogen-bond donors (Lipinski definition) is 2. The van der Waals surface area contributed by atoms with E-state index in [0.29, 0.717) is 18.6 Å². The number of guanidine groups is 1. The Kier molecular flexibility index (Phi) is 5.40. The van der Waals surface area contributed by atoms with E-state index >= 15 is 0 Å². The molecule has 0 spiro atoms. The van der Waals surface area contributed by atoms with E-state index in [2.05, 4.69) is 52.4 Å². The summed E-state index contributed by atoms with van der Waals surface area (Å²) in [6.45, 7) is 9.61. The Morgan fingerprint density at radius 2 is 2.32 bits per heavy atom. The van der Waals surface area contributed by atoms with Crippen molar-refractivity contribution in [2.24, 2.45) is 4.99 Å². The van der Waals surface area contributed by atoms with Crippen molar-refractivity contribution in [3.63, 3.8) is 0 Å². The zero-order valence-electron chi connectivity index (χ0n) is 15.5. The fourth-order valence-electron chi connectivity index (χ4n) is 3.06. The van der Waals surface area contributed by atoms with Gasteiger partial charge >= 0.3 is 0 Å². The fraction of sp³-hybridized carbons (Fsp3) is 0.611. The van der Waals surface area contributed by atoms with Crippen LogP contribution in [0.2, 0.25) is 0 Å². The Bertz CT molecular complexity index is 730. The van der Waals surface area contributed by atoms with Crippen molar-refractivity contribution >= 4 is 5.96 Å². The number of aliphatic imine (C=N–C) groups is 1. The second-order valence-electron chi connectivity index (χ2n) is 6.89. The molecule has 0 fully saturated rings. The second-order valence-corrected chi connectivity index (χ2v) is 6.89. The molecule has 1 aliphatic carbocycles. The van der Waals surface area contributed by atoms with E-state index in [1.165, 1.54) is 11.3 Å². The third kappa shape index (κ3) is 4.41. The molecule has 0 amide bonds. The highest BCUT2D eigenvalue weighted by molar-refractivity contribution is 5.80. The van der Waals surface area contributed by atoms with Crippen LogP contribution in [0.4, 0.5) is 0 Å². The van der Waals surface area contributed by atoms with Gasteiger partial charge in [-0.2, -0.15) is 5.10 Å². The molecule has 7 heteroatoms. The SMILES string of the molecule is CCNC(=NCc1cc(C)no1)NC1CCc2cn(C(C)C)nc2C1. The van der Waals surface area contributed by atoms with Crippen LogP contribution in [0.3, 0.4) is 0 Å². The van der Waals surface area contributed by atoms with Crippen LogP contribution in [-0.2, 0) is 19.4 Å². The lowest BCUT2D eigenvalue weighted by Gasteiger charge is -2.24. The minimum Gasteiger partial charge on any atom is -0.359 e. The average Bonchev–Trinajstić information content (AvgIpc) is 3.18. The van der Waals surface area contributed by atoms with Crippen LogP contribution in [0.15, 0.2) is 21.8 Å². The molecule has 1 aliphatic rings. The van der Waals surface area contributed by atoms with Gasteiger partial charge in [0.05, 0.1) is 11.4 Å². The Balaban J connectivity index is 1.64. The van der Waals surface area contributed by atoms with Gasteiger partial charge in [0, 0.05) is 37.3 Å². The number of nitrogens with zero attached hydrogens (tertiary/aromatic N) is 4. The predicted octanol–water partition coefficient (Wildman–Crippen LogP) is 2.37. The summed E-state index contributed by atoms with van der Waals surface area (Å²) in [6.07, 6.45) is 5.27. The maximum Gasteiger partial charge on any atom is 0.191 e. The topological polar surface area (TPSA) is 80.3 Å². The van der Waals surface area contributed by atoms with Gasteiger partial charge < -0.3 is 15.2 Å². The van der Waals surface area contributed by atoms with Gasteiger partial charge in [0.2, 0.25) is 0 Å². The van der Waals surface area contributed by atoms with Gasteiger partial charge in [0.15, 0.2) is 11.7 Å². The van der Waals surface area contributed by atoms with Crippen LogP contribution < -0.4 is 10.6 Å². The largest absolute Gasteiger partial charge is 0.359 e. The van der Waals surface area contributed by atoms with Crippen LogP contribution in [0, 0.1) is 6.92 Å². The van der Waals surface area contributed by atoms with E-state index in [9.17, 15) is 0 Å². The molecule has 1 unspecified atom stereocenters. The first kappa shape index (κ1) is 17.5. The lowest BCUT2D eigenvalue weighted by Crippen LogP contribution is -2.45. The first-order valence-corrected chi connectivity index (χ1v) is 9.09. The Labute approximate surface area is 148 Å². The summed E-state index contributed by atoms with van der Waals surface area (Å²) in [5.74, 6) is 1.59. The van der Waals surface area contributed by atoms with Crippen molar-refractivity contribution < 1.29 is 4.52 Å². The van der Waals surface area contributed by atoms with Crippen molar-refractivity contribution in [1.29, 1.82) is 0 Å². The summed E-state index contributed by atoms with van der Waals surface area (Å²) in [5.41, 5.74) is 3.47. The molecule has 2 aromatic heterocycles. The second kappa shape index (κ2) is 7.72. The summed E-state index contributed by atoms with van der Waals surface area (Å²) in [4.78, 5) is 4.62. The van der Waals surface area contributed by atoms with E-state index in [4.69, 9.17) is 9.62 Å². The molecule has 2 heterocycles. The number of rotatable bonds is 5. The number of aryl methyl sites for hydroxylation is 2. The van der Waals surface area contributed by atoms with Crippen molar-refractivity contribution in [1.82, 2.24) is 25.6 Å². The minimum atomic E-state index is 0.345. The Morgan fingerprint density at radius 3 is 3.00 bits per heavy atom. The average molecular weight is 344 g/mol. The quantitative estimate of drug-likeness (QED) is 0.643. The smallest absolute Gasteiger partial charge is 0.191 e. The van der Waals surface area contributed by atoms with E-state index < -0.39 is 0 Å². The third-order valence-electron chi connectivity index (χ3n) is 4.38. The van der Waals surface area contributed by atoms with Crippen molar-refractivity contribution in [2.45, 2.75) is 65.6 Å². The molecule has 7 nitrogen and oxygen atoms in total. The molecule has 3 rings (SSSR count). The first-order chi connectivity index (χ1) is 12.0. The van der Waals surface area contributed by atoms with Crippen molar-refractivity contribution in [3.05, 3.63) is 35.0 Å². The van der Waals surface area contributed by atoms with Gasteiger partial charge in [-0.3, -0.25) is 4.68 Å². The molecule has 0 aromatic carbocycles. The molecular formula is C18H28N6O. The van der Waals surface area contributed by atoms with Gasteiger partial charge in [-0.25, -0.2) is 4.99 Å². The minimum absolute atomic E-state index is 0.345. The standard InChI is InChI=1S/C18H28N6O/c1-5-19-18(20-10-16-8-13(4)23-25-16)21-15-7-6-14-11-24(12(2)3)22-17(14)9-15/h8,11-12,15H,5-7,9-10H2,1-4H3,(H2,19,20,21). The van der Waals surface area contributed by atoms with E-state index in [1.54, 1.807) is 0 Å². The van der Waals surface area contributed by atoms with Crippen LogP contribution in [-0.4, -0.2) is 33.5 Å². The number of hydrogen-bond acceptors (Lipinski definition) is 4. The molecule has 0 bridgehead atoms. The maximum absolute atomic E-state index is 5.23. The van der Waals surface area contributed by atoms with Crippen LogP contribution >= 0.6 is 0 Å². The normalized spacial score (nSPS) is 17.6. The molecule has 0 saturated heterocycles. The summed E-state index contributed by atoms with van der Waals surface area (Å²) in [6, 6.07) is 2.66. The maximum atomic E-state index is 5.23. The molecule has 2 N–H and O–H groups in total. The highest BCUT2D eigenvalue weighted by Crippen LogP contribution is 2.21. The molecule has 25 heavy (non-hydrogen) atoms. The highest BCUT2D eigenvalue weighted by Gasteiger charge is 2.23. The number of aromatic nitrogens is 3. The zero-order chi connectivity index (χ0) is 17.8. The van der Waals surface area contributed by atoms with Gasteiger partial charge in [0.1, 0.15) is 6.54 Å². The van der Waals surface area contributed by atoms with Gasteiger partial charge in [-0.1, -0.05) is 5.16 Å². The molecule has 136 valence electrons. The molecule has 0 aliphatic heterocycles. The summed E-state index contributed by atoms with van der Waals surface area (Å²) in [5, 5.41) is 15.5. The molecular weight excluding hydrogens is 316 g/mol. The predicted molar refractivity (Wildman–Crippen MR) is 97.6 cm³/mol. The fourth-order valence-corrected chi connectivity index (χ4v) is 3.06. The van der Waals surface area contributed by atoms with Crippen molar-refractivity contribution in [3.8, 4) is 0 Å². The monoisotopic (exact) mass is 344 g/mol. The highest BCUT2D eigenvalue weighted by atomic mass is 16.5. The Hall–Kier alpha value is -2.31. The molecule has 0 radical (unpaired) electrons. The van der Waals surface area contributed by atoms with E-state index in [-0.39, 0.29) is 0 Å². The van der Waals surface area contributed by atoms with Crippen molar-refractivity contribution in [2.75, 3.05) is 6.54 Å². The lowest BCUT2D eigenvalue weighted by molar-refractivity contribution is 0.381. The van der Waals surface area contributed by atoms with E-state index in [1.807, 2.05) is 13.0 Å². The zero-order valence-corrected chi connectivity index (χ0v) is 15.5. The van der Waals surface area contributed by atoms with Crippen LogP contribution in [0.25, 0.3) is 0 Å². The van der Waals surface area contributed by atoms with Gasteiger partial charge in [-0.15, -0.1) is 0 Å². The van der Waals surface area contributed by atoms with E-state index in [0.717, 1.165) is 43.2 Å². The van der Waals surface area contributed by atoms with Crippen LogP contribution in [0.5, 0.6) is 0 Å². The number of nitrogens with one attached hydrogen (secondary N) is 2.